The lowest BCUT2D eigenvalue weighted by Gasteiger charge is -2.14. The minimum absolute atomic E-state index is 0.00140. The minimum Gasteiger partial charge on any atom is -0.463 e. The van der Waals surface area contributed by atoms with Gasteiger partial charge in [0.2, 0.25) is 5.95 Å². The number of para-hydroxylation sites is 2. The van der Waals surface area contributed by atoms with Crippen molar-refractivity contribution in [2.24, 2.45) is 0 Å². The molecule has 2 heterocycles. The molecule has 3 N–H and O–H groups in total. The summed E-state index contributed by atoms with van der Waals surface area (Å²) < 4.78 is 18.6. The number of halogens is 2. The predicted molar refractivity (Wildman–Crippen MR) is 156 cm³/mol. The summed E-state index contributed by atoms with van der Waals surface area (Å²) in [5.41, 5.74) is 4.89. The summed E-state index contributed by atoms with van der Waals surface area (Å²) in [5, 5.41) is 6.49. The van der Waals surface area contributed by atoms with Crippen LogP contribution in [-0.4, -0.2) is 39.1 Å². The van der Waals surface area contributed by atoms with Crippen LogP contribution < -0.4 is 10.6 Å². The molecule has 0 aliphatic rings. The smallest absolute Gasteiger partial charge is 0.330 e. The summed E-state index contributed by atoms with van der Waals surface area (Å²) in [4.78, 5) is 28.9. The first-order valence-corrected chi connectivity index (χ1v) is 13.1. The van der Waals surface area contributed by atoms with Crippen molar-refractivity contribution >= 4 is 52.1 Å². The van der Waals surface area contributed by atoms with Crippen molar-refractivity contribution in [3.8, 4) is 11.1 Å². The maximum atomic E-state index is 13.6. The van der Waals surface area contributed by atoms with Crippen LogP contribution in [0.25, 0.3) is 28.2 Å². The Balaban J connectivity index is 1.41. The first kappa shape index (κ1) is 26.8. The van der Waals surface area contributed by atoms with Gasteiger partial charge in [-0.05, 0) is 60.5 Å². The van der Waals surface area contributed by atoms with Gasteiger partial charge in [0.1, 0.15) is 17.5 Å². The molecule has 8 nitrogen and oxygen atoms in total. The van der Waals surface area contributed by atoms with Crippen LogP contribution in [0, 0.1) is 5.82 Å². The number of aromatic amines is 1. The molecule has 2 aromatic heterocycles. The van der Waals surface area contributed by atoms with Crippen LogP contribution in [0.5, 0.6) is 0 Å². The fourth-order valence-electron chi connectivity index (χ4n) is 4.08. The molecule has 0 aliphatic heterocycles. The molecular formula is C30H26ClFN6O2. The zero-order chi connectivity index (χ0) is 27.9. The van der Waals surface area contributed by atoms with Gasteiger partial charge in [-0.1, -0.05) is 41.9 Å². The Bertz CT molecular complexity index is 1650. The number of imidazole rings is 1. The van der Waals surface area contributed by atoms with E-state index in [4.69, 9.17) is 21.3 Å². The van der Waals surface area contributed by atoms with Crippen LogP contribution in [0.3, 0.4) is 0 Å². The Labute approximate surface area is 235 Å². The van der Waals surface area contributed by atoms with E-state index in [1.165, 1.54) is 18.2 Å². The highest BCUT2D eigenvalue weighted by molar-refractivity contribution is 6.31. The number of nitrogens with zero attached hydrogens (tertiary/aromatic N) is 3. The lowest BCUT2D eigenvalue weighted by molar-refractivity contribution is -0.137. The van der Waals surface area contributed by atoms with Crippen molar-refractivity contribution in [2.75, 3.05) is 23.8 Å². The van der Waals surface area contributed by atoms with Gasteiger partial charge >= 0.3 is 5.97 Å². The molecule has 0 radical (unpaired) electrons. The van der Waals surface area contributed by atoms with Crippen LogP contribution in [0.15, 0.2) is 79.0 Å². The maximum Gasteiger partial charge on any atom is 0.330 e. The second-order valence-corrected chi connectivity index (χ2v) is 9.21. The Morgan fingerprint density at radius 1 is 1.10 bits per heavy atom. The average molecular weight is 557 g/mol. The lowest BCUT2D eigenvalue weighted by Crippen LogP contribution is -2.10. The molecule has 202 valence electrons. The summed E-state index contributed by atoms with van der Waals surface area (Å²) in [5.74, 6) is 0.855. The highest BCUT2D eigenvalue weighted by Crippen LogP contribution is 2.29. The summed E-state index contributed by atoms with van der Waals surface area (Å²) in [6.45, 7) is 2.63. The third-order valence-electron chi connectivity index (χ3n) is 5.95. The molecule has 0 bridgehead atoms. The van der Waals surface area contributed by atoms with Crippen molar-refractivity contribution < 1.29 is 13.9 Å². The van der Waals surface area contributed by atoms with E-state index < -0.39 is 11.8 Å². The van der Waals surface area contributed by atoms with Gasteiger partial charge in [0.15, 0.2) is 0 Å². The molecule has 40 heavy (non-hydrogen) atoms. The Hall–Kier alpha value is -4.76. The quantitative estimate of drug-likeness (QED) is 0.128. The first-order chi connectivity index (χ1) is 19.5. The van der Waals surface area contributed by atoms with Crippen LogP contribution in [0.1, 0.15) is 18.3 Å². The Morgan fingerprint density at radius 2 is 1.98 bits per heavy atom. The van der Waals surface area contributed by atoms with Crippen LogP contribution in [0.4, 0.5) is 21.8 Å². The van der Waals surface area contributed by atoms with Crippen molar-refractivity contribution in [1.82, 2.24) is 19.9 Å². The number of hydrogen-bond acceptors (Lipinski definition) is 7. The normalized spacial score (nSPS) is 11.2. The molecule has 5 aromatic rings. The molecule has 0 aliphatic carbocycles. The number of hydrogen-bond donors (Lipinski definition) is 3. The van der Waals surface area contributed by atoms with Crippen molar-refractivity contribution in [2.45, 2.75) is 13.3 Å². The summed E-state index contributed by atoms with van der Waals surface area (Å²) in [7, 11) is 0. The van der Waals surface area contributed by atoms with Gasteiger partial charge in [0, 0.05) is 36.5 Å². The third-order valence-corrected chi connectivity index (χ3v) is 6.24. The number of H-pyrrole nitrogens is 1. The molecular weight excluding hydrogens is 531 g/mol. The topological polar surface area (TPSA) is 105 Å². The van der Waals surface area contributed by atoms with Gasteiger partial charge in [-0.2, -0.15) is 4.98 Å². The largest absolute Gasteiger partial charge is 0.463 e. The molecule has 3 aromatic carbocycles. The monoisotopic (exact) mass is 556 g/mol. The Kier molecular flexibility index (Phi) is 8.32. The minimum atomic E-state index is -0.506. The van der Waals surface area contributed by atoms with E-state index in [0.29, 0.717) is 37.0 Å². The summed E-state index contributed by atoms with van der Waals surface area (Å²) in [6, 6.07) is 19.9. The van der Waals surface area contributed by atoms with Crippen LogP contribution in [-0.2, 0) is 16.0 Å². The molecule has 5 rings (SSSR count). The molecule has 0 fully saturated rings. The van der Waals surface area contributed by atoms with Gasteiger partial charge in [0.05, 0.1) is 22.7 Å². The zero-order valence-corrected chi connectivity index (χ0v) is 22.4. The van der Waals surface area contributed by atoms with Crippen LogP contribution in [0.2, 0.25) is 5.02 Å². The Morgan fingerprint density at radius 3 is 2.80 bits per heavy atom. The SMILES string of the molecule is CCOC(=O)/C=C\c1cccc(-c2cnc(Nc3ccc(F)c(Cl)c3)nc2NCCc2nc3ccccc3[nH]2)c1. The number of anilines is 3. The summed E-state index contributed by atoms with van der Waals surface area (Å²) in [6.07, 6.45) is 5.44. The first-order valence-electron chi connectivity index (χ1n) is 12.7. The molecule has 0 atom stereocenters. The predicted octanol–water partition coefficient (Wildman–Crippen LogP) is 6.79. The summed E-state index contributed by atoms with van der Waals surface area (Å²) >= 11 is 5.94. The maximum absolute atomic E-state index is 13.6. The fourth-order valence-corrected chi connectivity index (χ4v) is 4.26. The molecule has 0 saturated heterocycles. The van der Waals surface area contributed by atoms with Gasteiger partial charge in [0.25, 0.3) is 0 Å². The fraction of sp³-hybridized carbons (Fsp3) is 0.133. The van der Waals surface area contributed by atoms with E-state index in [1.54, 1.807) is 25.3 Å². The van der Waals surface area contributed by atoms with E-state index in [1.807, 2.05) is 48.5 Å². The molecule has 0 spiro atoms. The molecule has 0 amide bonds. The second kappa shape index (κ2) is 12.4. The highest BCUT2D eigenvalue weighted by atomic mass is 35.5. The number of nitrogens with one attached hydrogen (secondary N) is 3. The van der Waals surface area contributed by atoms with Crippen LogP contribution >= 0.6 is 11.6 Å². The van der Waals surface area contributed by atoms with E-state index >= 15 is 0 Å². The lowest BCUT2D eigenvalue weighted by atomic mass is 10.0. The number of carbonyl (C=O) groups is 1. The number of esters is 1. The standard InChI is InChI=1S/C30H26ClFN6O2/c1-2-40-28(39)13-10-19-6-5-7-20(16-19)22-18-34-30(35-21-11-12-24(32)23(31)17-21)38-29(22)33-15-14-27-36-25-8-3-4-9-26(25)37-27/h3-13,16-18H,2,14-15H2,1H3,(H,36,37)(H2,33,34,35,38)/b13-10-. The molecule has 10 heteroatoms. The number of rotatable bonds is 10. The molecule has 0 saturated carbocycles. The second-order valence-electron chi connectivity index (χ2n) is 8.80. The van der Waals surface area contributed by atoms with Gasteiger partial charge < -0.3 is 20.4 Å². The van der Waals surface area contributed by atoms with E-state index in [2.05, 4.69) is 25.6 Å². The average Bonchev–Trinajstić information content (AvgIpc) is 3.37. The van der Waals surface area contributed by atoms with E-state index in [0.717, 1.165) is 33.5 Å². The van der Waals surface area contributed by atoms with E-state index in [9.17, 15) is 9.18 Å². The number of aromatic nitrogens is 4. The van der Waals surface area contributed by atoms with Crippen molar-refractivity contribution in [1.29, 1.82) is 0 Å². The van der Waals surface area contributed by atoms with Crippen molar-refractivity contribution in [3.63, 3.8) is 0 Å². The van der Waals surface area contributed by atoms with Gasteiger partial charge in [-0.3, -0.25) is 0 Å². The zero-order valence-electron chi connectivity index (χ0n) is 21.6. The number of benzene rings is 3. The molecule has 0 unspecified atom stereocenters. The third kappa shape index (κ3) is 6.62. The number of fused-ring (bicyclic) bond motifs is 1. The van der Waals surface area contributed by atoms with E-state index in [-0.39, 0.29) is 5.02 Å². The van der Waals surface area contributed by atoms with Crippen molar-refractivity contribution in [3.05, 3.63) is 101 Å². The highest BCUT2D eigenvalue weighted by Gasteiger charge is 2.12. The number of ether oxygens (including phenoxy) is 1. The van der Waals surface area contributed by atoms with Gasteiger partial charge in [-0.25, -0.2) is 19.2 Å². The van der Waals surface area contributed by atoms with Gasteiger partial charge in [-0.15, -0.1) is 0 Å². The number of carbonyl (C=O) groups excluding carboxylic acids is 1.